The lowest BCUT2D eigenvalue weighted by molar-refractivity contribution is 0.199. The summed E-state index contributed by atoms with van der Waals surface area (Å²) in [6.07, 6.45) is 1.56. The molecular weight excluding hydrogens is 210 g/mol. The molecule has 0 fully saturated rings. The first-order valence-electron chi connectivity index (χ1n) is 5.03. The van der Waals surface area contributed by atoms with Gasteiger partial charge < -0.3 is 14.6 Å². The lowest BCUT2D eigenvalue weighted by Crippen LogP contribution is -2.39. The molecule has 1 N–H and O–H groups in total. The molecule has 6 nitrogen and oxygen atoms in total. The summed E-state index contributed by atoms with van der Waals surface area (Å²) < 4.78 is 7.38. The molecule has 90 valence electrons. The van der Waals surface area contributed by atoms with E-state index >= 15 is 0 Å². The number of aryl methyl sites for hydroxylation is 1. The Balaban J connectivity index is 2.82. The highest BCUT2D eigenvalue weighted by Gasteiger charge is 2.05. The lowest BCUT2D eigenvalue weighted by atomic mass is 10.3. The molecule has 16 heavy (non-hydrogen) atoms. The average molecular weight is 227 g/mol. The lowest BCUT2D eigenvalue weighted by Gasteiger charge is -2.07. The predicted octanol–water partition coefficient (Wildman–Crippen LogP) is -1.18. The number of hydrogen-bond donors (Lipinski definition) is 1. The standard InChI is InChI=1S/C10H17N3O3/c1-12-7-8(6-11-4-5-16-3)9(14)13(2)10(12)15/h7,11H,4-6H2,1-3H3. The van der Waals surface area contributed by atoms with Gasteiger partial charge in [0.1, 0.15) is 0 Å². The number of aromatic nitrogens is 2. The van der Waals surface area contributed by atoms with Crippen molar-refractivity contribution < 1.29 is 4.74 Å². The summed E-state index contributed by atoms with van der Waals surface area (Å²) in [5.74, 6) is 0. The second-order valence-corrected chi connectivity index (χ2v) is 3.58. The van der Waals surface area contributed by atoms with Gasteiger partial charge in [-0.2, -0.15) is 0 Å². The van der Waals surface area contributed by atoms with E-state index in [9.17, 15) is 9.59 Å². The molecule has 1 heterocycles. The summed E-state index contributed by atoms with van der Waals surface area (Å²) in [5, 5.41) is 3.06. The minimum Gasteiger partial charge on any atom is -0.383 e. The van der Waals surface area contributed by atoms with Crippen LogP contribution in [0.2, 0.25) is 0 Å². The summed E-state index contributed by atoms with van der Waals surface area (Å²) >= 11 is 0. The van der Waals surface area contributed by atoms with Gasteiger partial charge in [-0.1, -0.05) is 0 Å². The van der Waals surface area contributed by atoms with Crippen molar-refractivity contribution in [2.75, 3.05) is 20.3 Å². The third-order valence-corrected chi connectivity index (χ3v) is 2.32. The molecule has 0 unspecified atom stereocenters. The predicted molar refractivity (Wildman–Crippen MR) is 60.5 cm³/mol. The molecular formula is C10H17N3O3. The van der Waals surface area contributed by atoms with Gasteiger partial charge in [0.25, 0.3) is 5.56 Å². The van der Waals surface area contributed by atoms with Gasteiger partial charge in [0.2, 0.25) is 0 Å². The smallest absolute Gasteiger partial charge is 0.330 e. The maximum Gasteiger partial charge on any atom is 0.330 e. The second-order valence-electron chi connectivity index (χ2n) is 3.58. The molecule has 6 heteroatoms. The molecule has 0 saturated carbocycles. The van der Waals surface area contributed by atoms with Crippen molar-refractivity contribution >= 4 is 0 Å². The van der Waals surface area contributed by atoms with E-state index in [1.807, 2.05) is 0 Å². The van der Waals surface area contributed by atoms with E-state index < -0.39 is 0 Å². The molecule has 0 aliphatic heterocycles. The highest BCUT2D eigenvalue weighted by molar-refractivity contribution is 5.05. The van der Waals surface area contributed by atoms with E-state index in [0.29, 0.717) is 25.3 Å². The molecule has 1 aromatic rings. The van der Waals surface area contributed by atoms with Gasteiger partial charge in [-0.25, -0.2) is 4.79 Å². The highest BCUT2D eigenvalue weighted by atomic mass is 16.5. The monoisotopic (exact) mass is 227 g/mol. The Morgan fingerprint density at radius 1 is 1.38 bits per heavy atom. The Hall–Kier alpha value is -1.40. The average Bonchev–Trinajstić information content (AvgIpc) is 2.28. The van der Waals surface area contributed by atoms with Crippen LogP contribution in [0.15, 0.2) is 15.8 Å². The van der Waals surface area contributed by atoms with Gasteiger partial charge in [-0.05, 0) is 0 Å². The van der Waals surface area contributed by atoms with E-state index in [1.54, 1.807) is 20.4 Å². The maximum atomic E-state index is 11.7. The number of hydrogen-bond acceptors (Lipinski definition) is 4. The first kappa shape index (κ1) is 12.7. The Morgan fingerprint density at radius 2 is 2.06 bits per heavy atom. The summed E-state index contributed by atoms with van der Waals surface area (Å²) in [7, 11) is 4.72. The van der Waals surface area contributed by atoms with Crippen LogP contribution in [-0.4, -0.2) is 29.4 Å². The van der Waals surface area contributed by atoms with Crippen molar-refractivity contribution in [2.45, 2.75) is 6.54 Å². The van der Waals surface area contributed by atoms with Crippen LogP contribution < -0.4 is 16.6 Å². The molecule has 0 bridgehead atoms. The zero-order valence-corrected chi connectivity index (χ0v) is 9.82. The van der Waals surface area contributed by atoms with E-state index in [-0.39, 0.29) is 11.2 Å². The summed E-state index contributed by atoms with van der Waals surface area (Å²) in [6, 6.07) is 0. The van der Waals surface area contributed by atoms with Crippen molar-refractivity contribution in [3.05, 3.63) is 32.6 Å². The molecule has 0 aliphatic carbocycles. The van der Waals surface area contributed by atoms with Crippen LogP contribution in [0.3, 0.4) is 0 Å². The SMILES string of the molecule is COCCNCc1cn(C)c(=O)n(C)c1=O. The van der Waals surface area contributed by atoms with Crippen LogP contribution in [0.1, 0.15) is 5.56 Å². The van der Waals surface area contributed by atoms with Gasteiger partial charge in [-0.3, -0.25) is 9.36 Å². The molecule has 0 spiro atoms. The second kappa shape index (κ2) is 5.62. The Kier molecular flexibility index (Phi) is 4.45. The largest absolute Gasteiger partial charge is 0.383 e. The minimum atomic E-state index is -0.314. The van der Waals surface area contributed by atoms with Gasteiger partial charge in [-0.15, -0.1) is 0 Å². The van der Waals surface area contributed by atoms with E-state index in [0.717, 1.165) is 4.57 Å². The maximum absolute atomic E-state index is 11.7. The Labute approximate surface area is 93.5 Å². The number of methoxy groups -OCH3 is 1. The van der Waals surface area contributed by atoms with Crippen molar-refractivity contribution in [2.24, 2.45) is 14.1 Å². The van der Waals surface area contributed by atoms with Gasteiger partial charge >= 0.3 is 5.69 Å². The Morgan fingerprint density at radius 3 is 2.69 bits per heavy atom. The molecule has 0 amide bonds. The fourth-order valence-corrected chi connectivity index (χ4v) is 1.40. The van der Waals surface area contributed by atoms with Crippen LogP contribution in [0, 0.1) is 0 Å². The van der Waals surface area contributed by atoms with Crippen LogP contribution in [0.5, 0.6) is 0 Å². The van der Waals surface area contributed by atoms with E-state index in [1.165, 1.54) is 11.6 Å². The molecule has 0 atom stereocenters. The number of nitrogens with one attached hydrogen (secondary N) is 1. The normalized spacial score (nSPS) is 10.7. The van der Waals surface area contributed by atoms with Crippen molar-refractivity contribution in [1.29, 1.82) is 0 Å². The van der Waals surface area contributed by atoms with Crippen LogP contribution in [-0.2, 0) is 25.4 Å². The Bertz CT molecular complexity index is 461. The van der Waals surface area contributed by atoms with Crippen LogP contribution >= 0.6 is 0 Å². The van der Waals surface area contributed by atoms with Crippen LogP contribution in [0.4, 0.5) is 0 Å². The molecule has 0 saturated heterocycles. The minimum absolute atomic E-state index is 0.256. The third-order valence-electron chi connectivity index (χ3n) is 2.32. The third kappa shape index (κ3) is 2.80. The molecule has 1 aromatic heterocycles. The van der Waals surface area contributed by atoms with Crippen molar-refractivity contribution in [3.63, 3.8) is 0 Å². The first-order valence-corrected chi connectivity index (χ1v) is 5.03. The van der Waals surface area contributed by atoms with E-state index in [4.69, 9.17) is 4.74 Å². The zero-order valence-electron chi connectivity index (χ0n) is 9.82. The number of ether oxygens (including phenoxy) is 1. The highest BCUT2D eigenvalue weighted by Crippen LogP contribution is 1.86. The quantitative estimate of drug-likeness (QED) is 0.643. The van der Waals surface area contributed by atoms with Gasteiger partial charge in [0.15, 0.2) is 0 Å². The molecule has 0 aromatic carbocycles. The summed E-state index contributed by atoms with van der Waals surface area (Å²) in [6.45, 7) is 1.69. The topological polar surface area (TPSA) is 65.3 Å². The van der Waals surface area contributed by atoms with Crippen molar-refractivity contribution in [3.8, 4) is 0 Å². The van der Waals surface area contributed by atoms with E-state index in [2.05, 4.69) is 5.32 Å². The van der Waals surface area contributed by atoms with Gasteiger partial charge in [0, 0.05) is 46.1 Å². The molecule has 0 radical (unpaired) electrons. The fourth-order valence-electron chi connectivity index (χ4n) is 1.40. The molecule has 0 aliphatic rings. The summed E-state index contributed by atoms with van der Waals surface area (Å²) in [4.78, 5) is 23.1. The fraction of sp³-hybridized carbons (Fsp3) is 0.600. The summed E-state index contributed by atoms with van der Waals surface area (Å²) in [5.41, 5.74) is -0.000591. The number of nitrogens with zero attached hydrogens (tertiary/aromatic N) is 2. The zero-order chi connectivity index (χ0) is 12.1. The van der Waals surface area contributed by atoms with Gasteiger partial charge in [0.05, 0.1) is 6.61 Å². The first-order chi connectivity index (χ1) is 7.57. The van der Waals surface area contributed by atoms with Crippen molar-refractivity contribution in [1.82, 2.24) is 14.5 Å². The number of rotatable bonds is 5. The molecule has 1 rings (SSSR count). The van der Waals surface area contributed by atoms with Crippen LogP contribution in [0.25, 0.3) is 0 Å².